The quantitative estimate of drug-likeness (QED) is 0.821. The van der Waals surface area contributed by atoms with Gasteiger partial charge in [-0.05, 0) is 50.4 Å². The molecule has 0 unspecified atom stereocenters. The van der Waals surface area contributed by atoms with Crippen molar-refractivity contribution in [1.82, 2.24) is 5.32 Å². The molecule has 1 amide bonds. The summed E-state index contributed by atoms with van der Waals surface area (Å²) in [4.78, 5) is 12.1. The van der Waals surface area contributed by atoms with Gasteiger partial charge in [-0.15, -0.1) is 0 Å². The Kier molecular flexibility index (Phi) is 3.79. The van der Waals surface area contributed by atoms with Crippen molar-refractivity contribution >= 4 is 11.6 Å². The maximum absolute atomic E-state index is 12.1. The third-order valence-corrected chi connectivity index (χ3v) is 3.32. The van der Waals surface area contributed by atoms with Crippen LogP contribution in [0.15, 0.2) is 18.2 Å². The Morgan fingerprint density at radius 3 is 2.94 bits per heavy atom. The molecule has 0 bridgehead atoms. The first-order valence-corrected chi connectivity index (χ1v) is 6.25. The predicted octanol–water partition coefficient (Wildman–Crippen LogP) is 2.24. The minimum absolute atomic E-state index is 0.115. The molecule has 0 saturated carbocycles. The van der Waals surface area contributed by atoms with Crippen LogP contribution in [-0.2, 0) is 4.79 Å². The summed E-state index contributed by atoms with van der Waals surface area (Å²) in [5.74, 6) is 0.259. The summed E-state index contributed by atoms with van der Waals surface area (Å²) in [6.45, 7) is 5.90. The van der Waals surface area contributed by atoms with E-state index in [1.165, 1.54) is 5.56 Å². The number of hydrogen-bond acceptors (Lipinski definition) is 2. The van der Waals surface area contributed by atoms with Crippen LogP contribution < -0.4 is 10.6 Å². The van der Waals surface area contributed by atoms with Crippen molar-refractivity contribution in [3.8, 4) is 0 Å². The third-order valence-electron chi connectivity index (χ3n) is 3.32. The van der Waals surface area contributed by atoms with Gasteiger partial charge in [-0.1, -0.05) is 12.1 Å². The van der Waals surface area contributed by atoms with Crippen molar-refractivity contribution < 1.29 is 4.79 Å². The lowest BCUT2D eigenvalue weighted by molar-refractivity contribution is -0.120. The molecule has 0 radical (unpaired) electrons. The molecular formula is C14H20N2O. The smallest absolute Gasteiger partial charge is 0.228 e. The Morgan fingerprint density at radius 1 is 1.41 bits per heavy atom. The molecule has 1 saturated heterocycles. The molecule has 17 heavy (non-hydrogen) atoms. The van der Waals surface area contributed by atoms with Gasteiger partial charge in [0.2, 0.25) is 5.91 Å². The molecule has 92 valence electrons. The lowest BCUT2D eigenvalue weighted by atomic mass is 9.98. The number of benzene rings is 1. The van der Waals surface area contributed by atoms with E-state index in [0.29, 0.717) is 0 Å². The summed E-state index contributed by atoms with van der Waals surface area (Å²) in [6, 6.07) is 6.14. The van der Waals surface area contributed by atoms with Gasteiger partial charge in [0.25, 0.3) is 0 Å². The summed E-state index contributed by atoms with van der Waals surface area (Å²) < 4.78 is 0. The van der Waals surface area contributed by atoms with E-state index in [2.05, 4.69) is 16.7 Å². The molecule has 1 aliphatic rings. The number of carbonyl (C=O) groups excluding carboxylic acids is 1. The van der Waals surface area contributed by atoms with Crippen molar-refractivity contribution in [2.75, 3.05) is 18.4 Å². The van der Waals surface area contributed by atoms with E-state index in [-0.39, 0.29) is 11.8 Å². The van der Waals surface area contributed by atoms with E-state index in [9.17, 15) is 4.79 Å². The van der Waals surface area contributed by atoms with Gasteiger partial charge in [-0.3, -0.25) is 4.79 Å². The Bertz CT molecular complexity index is 409. The van der Waals surface area contributed by atoms with E-state index >= 15 is 0 Å². The van der Waals surface area contributed by atoms with Gasteiger partial charge in [0.05, 0.1) is 5.92 Å². The Hall–Kier alpha value is -1.35. The van der Waals surface area contributed by atoms with E-state index in [1.807, 2.05) is 26.0 Å². The molecule has 0 spiro atoms. The number of piperidine rings is 1. The van der Waals surface area contributed by atoms with Crippen LogP contribution in [0.3, 0.4) is 0 Å². The van der Waals surface area contributed by atoms with E-state index in [0.717, 1.165) is 37.2 Å². The second kappa shape index (κ2) is 5.32. The molecule has 1 aromatic carbocycles. The first-order valence-electron chi connectivity index (χ1n) is 6.25. The van der Waals surface area contributed by atoms with Crippen LogP contribution in [0.2, 0.25) is 0 Å². The summed E-state index contributed by atoms with van der Waals surface area (Å²) in [5, 5.41) is 6.31. The highest BCUT2D eigenvalue weighted by Gasteiger charge is 2.21. The lowest BCUT2D eigenvalue weighted by Crippen LogP contribution is -2.37. The predicted molar refractivity (Wildman–Crippen MR) is 70.1 cm³/mol. The first-order chi connectivity index (χ1) is 8.16. The molecule has 1 aliphatic heterocycles. The van der Waals surface area contributed by atoms with Gasteiger partial charge in [-0.25, -0.2) is 0 Å². The highest BCUT2D eigenvalue weighted by molar-refractivity contribution is 5.93. The van der Waals surface area contributed by atoms with E-state index in [4.69, 9.17) is 0 Å². The standard InChI is InChI=1S/C14H20N2O/c1-10-5-6-11(2)13(8-10)16-14(17)12-4-3-7-15-9-12/h5-6,8,12,15H,3-4,7,9H2,1-2H3,(H,16,17)/t12-/m1/s1. The molecule has 0 aromatic heterocycles. The van der Waals surface area contributed by atoms with Crippen molar-refractivity contribution in [1.29, 1.82) is 0 Å². The molecule has 2 N–H and O–H groups in total. The molecule has 2 rings (SSSR count). The zero-order valence-corrected chi connectivity index (χ0v) is 10.5. The van der Waals surface area contributed by atoms with E-state index in [1.54, 1.807) is 0 Å². The minimum atomic E-state index is 0.115. The SMILES string of the molecule is Cc1ccc(C)c(NC(=O)[C@@H]2CCCNC2)c1. The highest BCUT2D eigenvalue weighted by atomic mass is 16.1. The van der Waals surface area contributed by atoms with Gasteiger partial charge in [0.15, 0.2) is 0 Å². The third kappa shape index (κ3) is 3.07. The monoisotopic (exact) mass is 232 g/mol. The molecule has 3 nitrogen and oxygen atoms in total. The number of anilines is 1. The van der Waals surface area contributed by atoms with Crippen LogP contribution in [0.25, 0.3) is 0 Å². The van der Waals surface area contributed by atoms with Crippen LogP contribution in [0.5, 0.6) is 0 Å². The average Bonchev–Trinajstić information content (AvgIpc) is 2.35. The fourth-order valence-corrected chi connectivity index (χ4v) is 2.18. The van der Waals surface area contributed by atoms with Crippen LogP contribution in [0.1, 0.15) is 24.0 Å². The summed E-state index contributed by atoms with van der Waals surface area (Å²) >= 11 is 0. The summed E-state index contributed by atoms with van der Waals surface area (Å²) in [5.41, 5.74) is 3.24. The minimum Gasteiger partial charge on any atom is -0.326 e. The zero-order valence-electron chi connectivity index (χ0n) is 10.5. The normalized spacial score (nSPS) is 20.0. The van der Waals surface area contributed by atoms with Crippen molar-refractivity contribution in [2.45, 2.75) is 26.7 Å². The highest BCUT2D eigenvalue weighted by Crippen LogP contribution is 2.19. The number of carbonyl (C=O) groups is 1. The van der Waals surface area contributed by atoms with Crippen molar-refractivity contribution in [3.05, 3.63) is 29.3 Å². The summed E-state index contributed by atoms with van der Waals surface area (Å²) in [7, 11) is 0. The second-order valence-electron chi connectivity index (χ2n) is 4.85. The maximum atomic E-state index is 12.1. The first kappa shape index (κ1) is 12.1. The fraction of sp³-hybridized carbons (Fsp3) is 0.500. The van der Waals surface area contributed by atoms with Gasteiger partial charge < -0.3 is 10.6 Å². The van der Waals surface area contributed by atoms with Gasteiger partial charge in [0, 0.05) is 12.2 Å². The number of amides is 1. The Balaban J connectivity index is 2.04. The Morgan fingerprint density at radius 2 is 2.24 bits per heavy atom. The van der Waals surface area contributed by atoms with Crippen molar-refractivity contribution in [3.63, 3.8) is 0 Å². The van der Waals surface area contributed by atoms with Crippen LogP contribution in [0.4, 0.5) is 5.69 Å². The number of hydrogen-bond donors (Lipinski definition) is 2. The zero-order chi connectivity index (χ0) is 12.3. The van der Waals surface area contributed by atoms with Gasteiger partial charge in [0.1, 0.15) is 0 Å². The maximum Gasteiger partial charge on any atom is 0.228 e. The average molecular weight is 232 g/mol. The lowest BCUT2D eigenvalue weighted by Gasteiger charge is -2.22. The van der Waals surface area contributed by atoms with Crippen LogP contribution in [0, 0.1) is 19.8 Å². The van der Waals surface area contributed by atoms with E-state index < -0.39 is 0 Å². The molecule has 1 atom stereocenters. The van der Waals surface area contributed by atoms with Crippen molar-refractivity contribution in [2.24, 2.45) is 5.92 Å². The fourth-order valence-electron chi connectivity index (χ4n) is 2.18. The number of aryl methyl sites for hydroxylation is 2. The van der Waals surface area contributed by atoms with Crippen LogP contribution >= 0.6 is 0 Å². The largest absolute Gasteiger partial charge is 0.326 e. The topological polar surface area (TPSA) is 41.1 Å². The molecular weight excluding hydrogens is 212 g/mol. The molecule has 1 aromatic rings. The molecule has 3 heteroatoms. The number of rotatable bonds is 2. The molecule has 1 heterocycles. The molecule has 1 fully saturated rings. The number of nitrogens with one attached hydrogen (secondary N) is 2. The second-order valence-corrected chi connectivity index (χ2v) is 4.85. The Labute approximate surface area is 103 Å². The molecule has 0 aliphatic carbocycles. The van der Waals surface area contributed by atoms with Gasteiger partial charge >= 0.3 is 0 Å². The van der Waals surface area contributed by atoms with Crippen LogP contribution in [-0.4, -0.2) is 19.0 Å². The van der Waals surface area contributed by atoms with Gasteiger partial charge in [-0.2, -0.15) is 0 Å². The summed E-state index contributed by atoms with van der Waals surface area (Å²) in [6.07, 6.45) is 2.08.